The SMILES string of the molecule is CCC[C@H]1CC[C@H](c2ccc(C(=O)Oc3cc(F)c(F)nc3F)cc2)CC1. The van der Waals surface area contributed by atoms with Gasteiger partial charge in [0.1, 0.15) is 0 Å². The first-order valence-electron chi connectivity index (χ1n) is 9.31. The van der Waals surface area contributed by atoms with Crippen molar-refractivity contribution >= 4 is 5.97 Å². The molecule has 0 atom stereocenters. The van der Waals surface area contributed by atoms with Crippen molar-refractivity contribution in [1.82, 2.24) is 4.98 Å². The van der Waals surface area contributed by atoms with Crippen molar-refractivity contribution in [3.8, 4) is 5.75 Å². The molecule has 3 nitrogen and oxygen atoms in total. The lowest BCUT2D eigenvalue weighted by atomic mass is 9.77. The van der Waals surface area contributed by atoms with Gasteiger partial charge in [-0.2, -0.15) is 13.8 Å². The second-order valence-corrected chi connectivity index (χ2v) is 7.07. The maximum Gasteiger partial charge on any atom is 0.343 e. The second kappa shape index (κ2) is 8.55. The number of pyridine rings is 1. The van der Waals surface area contributed by atoms with E-state index < -0.39 is 29.4 Å². The predicted octanol–water partition coefficient (Wildman–Crippen LogP) is 5.79. The Balaban J connectivity index is 1.63. The summed E-state index contributed by atoms with van der Waals surface area (Å²) in [4.78, 5) is 14.9. The molecule has 1 aliphatic carbocycles. The summed E-state index contributed by atoms with van der Waals surface area (Å²) in [7, 11) is 0. The molecule has 1 saturated carbocycles. The highest BCUT2D eigenvalue weighted by molar-refractivity contribution is 5.91. The van der Waals surface area contributed by atoms with Gasteiger partial charge in [-0.15, -0.1) is 0 Å². The van der Waals surface area contributed by atoms with Gasteiger partial charge in [-0.25, -0.2) is 9.18 Å². The maximum atomic E-state index is 13.5. The van der Waals surface area contributed by atoms with Crippen LogP contribution < -0.4 is 4.74 Å². The average Bonchev–Trinajstić information content (AvgIpc) is 2.67. The lowest BCUT2D eigenvalue weighted by Gasteiger charge is -2.28. The number of nitrogens with zero attached hydrogens (tertiary/aromatic N) is 1. The highest BCUT2D eigenvalue weighted by atomic mass is 19.2. The number of hydrogen-bond acceptors (Lipinski definition) is 3. The molecule has 0 saturated heterocycles. The van der Waals surface area contributed by atoms with Crippen LogP contribution in [0.15, 0.2) is 30.3 Å². The van der Waals surface area contributed by atoms with Crippen molar-refractivity contribution in [1.29, 1.82) is 0 Å². The van der Waals surface area contributed by atoms with Crippen molar-refractivity contribution in [2.45, 2.75) is 51.4 Å². The van der Waals surface area contributed by atoms with Gasteiger partial charge in [-0.1, -0.05) is 31.9 Å². The van der Waals surface area contributed by atoms with Crippen LogP contribution >= 0.6 is 0 Å². The van der Waals surface area contributed by atoms with Gasteiger partial charge in [-0.3, -0.25) is 0 Å². The number of rotatable bonds is 5. The topological polar surface area (TPSA) is 39.2 Å². The van der Waals surface area contributed by atoms with E-state index in [9.17, 15) is 18.0 Å². The van der Waals surface area contributed by atoms with Crippen LogP contribution in [-0.4, -0.2) is 11.0 Å². The molecule has 27 heavy (non-hydrogen) atoms. The summed E-state index contributed by atoms with van der Waals surface area (Å²) < 4.78 is 44.3. The summed E-state index contributed by atoms with van der Waals surface area (Å²) in [6.07, 6.45) is 7.24. The highest BCUT2D eigenvalue weighted by Crippen LogP contribution is 2.37. The molecule has 1 heterocycles. The fourth-order valence-corrected chi connectivity index (χ4v) is 3.74. The van der Waals surface area contributed by atoms with E-state index in [-0.39, 0.29) is 5.56 Å². The second-order valence-electron chi connectivity index (χ2n) is 7.07. The number of hydrogen-bond donors (Lipinski definition) is 0. The quantitative estimate of drug-likeness (QED) is 0.489. The molecule has 0 N–H and O–H groups in total. The van der Waals surface area contributed by atoms with Gasteiger partial charge in [0.25, 0.3) is 11.9 Å². The summed E-state index contributed by atoms with van der Waals surface area (Å²) >= 11 is 0. The third-order valence-electron chi connectivity index (χ3n) is 5.22. The molecule has 1 aliphatic rings. The van der Waals surface area contributed by atoms with E-state index in [1.165, 1.54) is 31.2 Å². The number of aromatic nitrogens is 1. The van der Waals surface area contributed by atoms with Crippen molar-refractivity contribution < 1.29 is 22.7 Å². The minimum absolute atomic E-state index is 0.211. The molecule has 0 amide bonds. The Bertz CT molecular complexity index is 800. The first-order chi connectivity index (χ1) is 13.0. The molecule has 3 rings (SSSR count). The summed E-state index contributed by atoms with van der Waals surface area (Å²) in [5.41, 5.74) is 1.38. The minimum Gasteiger partial charge on any atom is -0.418 e. The first kappa shape index (κ1) is 19.4. The van der Waals surface area contributed by atoms with E-state index in [0.29, 0.717) is 12.0 Å². The molecule has 0 radical (unpaired) electrons. The summed E-state index contributed by atoms with van der Waals surface area (Å²) in [5, 5.41) is 0. The van der Waals surface area contributed by atoms with Gasteiger partial charge < -0.3 is 4.74 Å². The fourth-order valence-electron chi connectivity index (χ4n) is 3.74. The zero-order valence-electron chi connectivity index (χ0n) is 15.2. The Hall–Kier alpha value is -2.37. The van der Waals surface area contributed by atoms with Gasteiger partial charge in [0.2, 0.25) is 0 Å². The van der Waals surface area contributed by atoms with Crippen molar-refractivity contribution in [2.24, 2.45) is 5.92 Å². The van der Waals surface area contributed by atoms with Crippen LogP contribution in [0.4, 0.5) is 13.2 Å². The molecule has 0 aliphatic heterocycles. The van der Waals surface area contributed by atoms with Crippen LogP contribution in [0, 0.1) is 23.6 Å². The van der Waals surface area contributed by atoms with Crippen LogP contribution in [0.25, 0.3) is 0 Å². The maximum absolute atomic E-state index is 13.5. The minimum atomic E-state index is -1.58. The van der Waals surface area contributed by atoms with E-state index in [4.69, 9.17) is 4.74 Å². The molecule has 6 heteroatoms. The summed E-state index contributed by atoms with van der Waals surface area (Å²) in [6.45, 7) is 2.21. The lowest BCUT2D eigenvalue weighted by Crippen LogP contribution is -2.14. The predicted molar refractivity (Wildman–Crippen MR) is 95.1 cm³/mol. The number of carbonyl (C=O) groups excluding carboxylic acids is 1. The lowest BCUT2D eigenvalue weighted by molar-refractivity contribution is 0.0724. The van der Waals surface area contributed by atoms with Crippen molar-refractivity contribution in [3.63, 3.8) is 0 Å². The average molecular weight is 377 g/mol. The molecule has 1 fully saturated rings. The molecular weight excluding hydrogens is 355 g/mol. The van der Waals surface area contributed by atoms with Crippen molar-refractivity contribution in [2.75, 3.05) is 0 Å². The number of ether oxygens (including phenoxy) is 1. The van der Waals surface area contributed by atoms with Crippen LogP contribution in [-0.2, 0) is 0 Å². The molecule has 0 unspecified atom stereocenters. The van der Waals surface area contributed by atoms with Gasteiger partial charge in [0.05, 0.1) is 5.56 Å². The van der Waals surface area contributed by atoms with Gasteiger partial charge in [0, 0.05) is 6.07 Å². The Labute approximate surface area is 156 Å². The largest absolute Gasteiger partial charge is 0.418 e. The van der Waals surface area contributed by atoms with Gasteiger partial charge in [-0.05, 0) is 55.2 Å². The van der Waals surface area contributed by atoms with Crippen LogP contribution in [0.5, 0.6) is 5.75 Å². The molecule has 144 valence electrons. The molecule has 2 aromatic rings. The zero-order chi connectivity index (χ0) is 19.4. The van der Waals surface area contributed by atoms with Crippen LogP contribution in [0.2, 0.25) is 0 Å². The standard InChI is InChI=1S/C21H22F3NO2/c1-2-3-13-4-6-14(7-5-13)15-8-10-16(11-9-15)21(26)27-18-12-17(22)19(23)25-20(18)24/h8-14H,2-7H2,1H3/t13-,14-. The molecule has 0 spiro atoms. The molecule has 1 aromatic heterocycles. The Morgan fingerprint density at radius 1 is 1.07 bits per heavy atom. The number of carbonyl (C=O) groups is 1. The zero-order valence-corrected chi connectivity index (χ0v) is 15.2. The Morgan fingerprint density at radius 3 is 2.37 bits per heavy atom. The van der Waals surface area contributed by atoms with E-state index in [1.807, 2.05) is 12.1 Å². The smallest absolute Gasteiger partial charge is 0.343 e. The molecule has 0 bridgehead atoms. The number of halogens is 3. The first-order valence-corrected chi connectivity index (χ1v) is 9.31. The van der Waals surface area contributed by atoms with Gasteiger partial charge >= 0.3 is 5.97 Å². The number of benzene rings is 1. The normalized spacial score (nSPS) is 19.7. The summed E-state index contributed by atoms with van der Waals surface area (Å²) in [6, 6.07) is 7.45. The Morgan fingerprint density at radius 2 is 1.74 bits per heavy atom. The third-order valence-corrected chi connectivity index (χ3v) is 5.22. The van der Waals surface area contributed by atoms with E-state index in [2.05, 4.69) is 11.9 Å². The van der Waals surface area contributed by atoms with E-state index in [0.717, 1.165) is 18.8 Å². The van der Waals surface area contributed by atoms with Crippen molar-refractivity contribution in [3.05, 3.63) is 59.2 Å². The molecular formula is C21H22F3NO2. The fraction of sp³-hybridized carbons (Fsp3) is 0.429. The molecule has 1 aromatic carbocycles. The monoisotopic (exact) mass is 377 g/mol. The van der Waals surface area contributed by atoms with Crippen LogP contribution in [0.1, 0.15) is 67.3 Å². The van der Waals surface area contributed by atoms with E-state index in [1.54, 1.807) is 12.1 Å². The van der Waals surface area contributed by atoms with Crippen LogP contribution in [0.3, 0.4) is 0 Å². The Kier molecular flexibility index (Phi) is 6.14. The highest BCUT2D eigenvalue weighted by Gasteiger charge is 2.22. The van der Waals surface area contributed by atoms with E-state index >= 15 is 0 Å². The van der Waals surface area contributed by atoms with Gasteiger partial charge in [0.15, 0.2) is 11.6 Å². The third kappa shape index (κ3) is 4.67. The summed E-state index contributed by atoms with van der Waals surface area (Å²) in [5.74, 6) is -4.62. The number of esters is 1.